The fourth-order valence-electron chi connectivity index (χ4n) is 0.230. The third-order valence-corrected chi connectivity index (χ3v) is 0.781. The molecule has 2 N–H and O–H groups in total. The third-order valence-electron chi connectivity index (χ3n) is 0.511. The SMILES string of the molecule is Fc1n[nH][nH]c1=S. The first kappa shape index (κ1) is 4.45. The van der Waals surface area contributed by atoms with Crippen molar-refractivity contribution in [2.45, 2.75) is 0 Å². The molecule has 3 nitrogen and oxygen atoms in total. The fraction of sp³-hybridized carbons (Fsp3) is 0. The van der Waals surface area contributed by atoms with E-state index in [1.54, 1.807) is 0 Å². The number of halogens is 1. The summed E-state index contributed by atoms with van der Waals surface area (Å²) < 4.78 is 11.8. The highest BCUT2D eigenvalue weighted by Crippen LogP contribution is 1.85. The first-order chi connectivity index (χ1) is 3.30. The molecular weight excluding hydrogens is 117 g/mol. The molecule has 0 unspecified atom stereocenters. The molecule has 0 saturated heterocycles. The molecule has 1 rings (SSSR count). The van der Waals surface area contributed by atoms with Gasteiger partial charge < -0.3 is 0 Å². The minimum absolute atomic E-state index is 0.0139. The van der Waals surface area contributed by atoms with Gasteiger partial charge in [-0.1, -0.05) is 12.2 Å². The van der Waals surface area contributed by atoms with Crippen molar-refractivity contribution >= 4 is 12.2 Å². The summed E-state index contributed by atoms with van der Waals surface area (Å²) in [5.41, 5.74) is 0. The van der Waals surface area contributed by atoms with Gasteiger partial charge in [0, 0.05) is 0 Å². The van der Waals surface area contributed by atoms with Crippen molar-refractivity contribution < 1.29 is 4.39 Å². The van der Waals surface area contributed by atoms with Crippen LogP contribution < -0.4 is 0 Å². The van der Waals surface area contributed by atoms with Crippen molar-refractivity contribution in [2.75, 3.05) is 0 Å². The number of hydrogen-bond donors (Lipinski definition) is 2. The largest absolute Gasteiger partial charge is 0.271 e. The van der Waals surface area contributed by atoms with E-state index >= 15 is 0 Å². The summed E-state index contributed by atoms with van der Waals surface area (Å²) in [7, 11) is 0. The highest BCUT2D eigenvalue weighted by molar-refractivity contribution is 7.71. The molecule has 0 aromatic carbocycles. The Bertz CT molecular complexity index is 201. The zero-order valence-electron chi connectivity index (χ0n) is 3.23. The van der Waals surface area contributed by atoms with Crippen LogP contribution in [0.2, 0.25) is 0 Å². The van der Waals surface area contributed by atoms with Gasteiger partial charge in [-0.25, -0.2) is 5.21 Å². The summed E-state index contributed by atoms with van der Waals surface area (Å²) >= 11 is 4.36. The Morgan fingerprint density at radius 2 is 2.43 bits per heavy atom. The summed E-state index contributed by atoms with van der Waals surface area (Å²) in [5.74, 6) is -0.657. The van der Waals surface area contributed by atoms with Crippen LogP contribution in [0.4, 0.5) is 4.39 Å². The Morgan fingerprint density at radius 1 is 1.71 bits per heavy atom. The lowest BCUT2D eigenvalue weighted by atomic mass is 10.9. The van der Waals surface area contributed by atoms with Crippen LogP contribution in [0.1, 0.15) is 0 Å². The van der Waals surface area contributed by atoms with Crippen LogP contribution >= 0.6 is 12.2 Å². The van der Waals surface area contributed by atoms with E-state index in [-0.39, 0.29) is 4.64 Å². The lowest BCUT2D eigenvalue weighted by Gasteiger charge is -1.60. The first-order valence-electron chi connectivity index (χ1n) is 1.59. The van der Waals surface area contributed by atoms with E-state index in [0.29, 0.717) is 0 Å². The number of aromatic amines is 2. The molecule has 0 aliphatic carbocycles. The highest BCUT2D eigenvalue weighted by atomic mass is 32.1. The Labute approximate surface area is 43.5 Å². The fourth-order valence-corrected chi connectivity index (χ4v) is 0.321. The maximum absolute atomic E-state index is 11.8. The van der Waals surface area contributed by atoms with Gasteiger partial charge in [0.2, 0.25) is 0 Å². The predicted octanol–water partition coefficient (Wildman–Crippen LogP) is 0.606. The van der Waals surface area contributed by atoms with Gasteiger partial charge in [-0.05, 0) is 0 Å². The van der Waals surface area contributed by atoms with Crippen molar-refractivity contribution in [3.05, 3.63) is 10.6 Å². The van der Waals surface area contributed by atoms with Crippen LogP contribution in [0.3, 0.4) is 0 Å². The normalized spacial score (nSPS) is 9.29. The number of hydrogen-bond acceptors (Lipinski definition) is 2. The lowest BCUT2D eigenvalue weighted by Crippen LogP contribution is -1.68. The Hall–Kier alpha value is -0.710. The van der Waals surface area contributed by atoms with E-state index in [0.717, 1.165) is 0 Å². The standard InChI is InChI=1S/C2H2FN3S/c3-1-2(7)5-6-4-1/h(H2,4,5,6,7). The van der Waals surface area contributed by atoms with Crippen LogP contribution in [0.25, 0.3) is 0 Å². The molecule has 0 aliphatic heterocycles. The molecule has 38 valence electrons. The smallest absolute Gasteiger partial charge is 0.268 e. The molecule has 0 bridgehead atoms. The molecule has 0 atom stereocenters. The minimum Gasteiger partial charge on any atom is -0.271 e. The second-order valence-electron chi connectivity index (χ2n) is 0.969. The van der Waals surface area contributed by atoms with Crippen LogP contribution in [0.5, 0.6) is 0 Å². The average molecular weight is 119 g/mol. The van der Waals surface area contributed by atoms with Crippen molar-refractivity contribution in [1.82, 2.24) is 15.4 Å². The van der Waals surface area contributed by atoms with E-state index in [1.807, 2.05) is 0 Å². The molecule has 7 heavy (non-hydrogen) atoms. The molecule has 0 fully saturated rings. The number of aromatic nitrogens is 3. The summed E-state index contributed by atoms with van der Waals surface area (Å²) in [4.78, 5) is 0. The lowest BCUT2D eigenvalue weighted by molar-refractivity contribution is 0.576. The minimum atomic E-state index is -0.657. The quantitative estimate of drug-likeness (QED) is 0.491. The first-order valence-corrected chi connectivity index (χ1v) is 2.00. The molecule has 0 amide bonds. The number of rotatable bonds is 0. The van der Waals surface area contributed by atoms with Crippen molar-refractivity contribution in [1.29, 1.82) is 0 Å². The van der Waals surface area contributed by atoms with Crippen LogP contribution in [0, 0.1) is 10.6 Å². The van der Waals surface area contributed by atoms with Gasteiger partial charge in [0.25, 0.3) is 5.95 Å². The zero-order valence-corrected chi connectivity index (χ0v) is 4.05. The molecule has 0 saturated carbocycles. The maximum Gasteiger partial charge on any atom is 0.268 e. The van der Waals surface area contributed by atoms with E-state index < -0.39 is 5.95 Å². The molecule has 0 aliphatic rings. The summed E-state index contributed by atoms with van der Waals surface area (Å²) in [6.07, 6.45) is 0. The Kier molecular flexibility index (Phi) is 0.900. The molecule has 1 aromatic heterocycles. The summed E-state index contributed by atoms with van der Waals surface area (Å²) in [5, 5.41) is 7.48. The Balaban J connectivity index is 3.39. The van der Waals surface area contributed by atoms with Gasteiger partial charge in [-0.2, -0.15) is 4.39 Å². The third kappa shape index (κ3) is 0.663. The van der Waals surface area contributed by atoms with Crippen molar-refractivity contribution in [2.24, 2.45) is 0 Å². The van der Waals surface area contributed by atoms with E-state index in [2.05, 4.69) is 27.6 Å². The number of nitrogens with one attached hydrogen (secondary N) is 2. The van der Waals surface area contributed by atoms with E-state index in [1.165, 1.54) is 0 Å². The summed E-state index contributed by atoms with van der Waals surface area (Å²) in [6.45, 7) is 0. The van der Waals surface area contributed by atoms with Gasteiger partial charge in [-0.3, -0.25) is 5.10 Å². The zero-order chi connectivity index (χ0) is 5.28. The average Bonchev–Trinajstić information content (AvgIpc) is 1.91. The van der Waals surface area contributed by atoms with E-state index in [4.69, 9.17) is 0 Å². The van der Waals surface area contributed by atoms with Crippen molar-refractivity contribution in [3.63, 3.8) is 0 Å². The molecule has 1 heterocycles. The van der Waals surface area contributed by atoms with Gasteiger partial charge in [0.05, 0.1) is 0 Å². The van der Waals surface area contributed by atoms with Gasteiger partial charge in [0.15, 0.2) is 4.64 Å². The highest BCUT2D eigenvalue weighted by Gasteiger charge is 1.89. The van der Waals surface area contributed by atoms with Gasteiger partial charge in [-0.15, -0.1) is 5.10 Å². The van der Waals surface area contributed by atoms with Gasteiger partial charge in [0.1, 0.15) is 0 Å². The topological polar surface area (TPSA) is 44.5 Å². The second kappa shape index (κ2) is 1.42. The Morgan fingerprint density at radius 3 is 2.57 bits per heavy atom. The molecular formula is C2H2FN3S. The number of nitrogens with zero attached hydrogens (tertiary/aromatic N) is 1. The molecule has 5 heteroatoms. The maximum atomic E-state index is 11.8. The predicted molar refractivity (Wildman–Crippen MR) is 23.7 cm³/mol. The van der Waals surface area contributed by atoms with E-state index in [9.17, 15) is 4.39 Å². The molecule has 0 radical (unpaired) electrons. The summed E-state index contributed by atoms with van der Waals surface area (Å²) in [6, 6.07) is 0. The molecule has 1 aromatic rings. The number of H-pyrrole nitrogens is 2. The van der Waals surface area contributed by atoms with Crippen LogP contribution in [-0.4, -0.2) is 15.4 Å². The van der Waals surface area contributed by atoms with Crippen LogP contribution in [-0.2, 0) is 0 Å². The van der Waals surface area contributed by atoms with Crippen LogP contribution in [0.15, 0.2) is 0 Å². The monoisotopic (exact) mass is 119 g/mol. The second-order valence-corrected chi connectivity index (χ2v) is 1.38. The van der Waals surface area contributed by atoms with Crippen molar-refractivity contribution in [3.8, 4) is 0 Å². The van der Waals surface area contributed by atoms with Gasteiger partial charge >= 0.3 is 0 Å². The molecule has 0 spiro atoms.